The van der Waals surface area contributed by atoms with E-state index in [0.29, 0.717) is 32.1 Å². The molecule has 0 saturated heterocycles. The van der Waals surface area contributed by atoms with Crippen LogP contribution in [0.5, 0.6) is 11.5 Å². The molecule has 3 aromatic rings. The van der Waals surface area contributed by atoms with Gasteiger partial charge in [-0.25, -0.2) is 9.79 Å². The predicted molar refractivity (Wildman–Crippen MR) is 148 cm³/mol. The van der Waals surface area contributed by atoms with E-state index in [2.05, 4.69) is 20.9 Å². The lowest BCUT2D eigenvalue weighted by Gasteiger charge is -2.25. The summed E-state index contributed by atoms with van der Waals surface area (Å²) in [5.41, 5.74) is 2.22. The molecule has 194 valence electrons. The fourth-order valence-corrected chi connectivity index (χ4v) is 5.74. The third-order valence-corrected chi connectivity index (χ3v) is 7.17. The Hall–Kier alpha value is -3.17. The van der Waals surface area contributed by atoms with Gasteiger partial charge in [-0.1, -0.05) is 41.7 Å². The van der Waals surface area contributed by atoms with Gasteiger partial charge in [-0.2, -0.15) is 0 Å². The molecular formula is C28H29BrN2O5S. The van der Waals surface area contributed by atoms with Gasteiger partial charge >= 0.3 is 5.97 Å². The van der Waals surface area contributed by atoms with E-state index >= 15 is 0 Å². The van der Waals surface area contributed by atoms with E-state index < -0.39 is 12.0 Å². The highest BCUT2D eigenvalue weighted by Crippen LogP contribution is 2.37. The van der Waals surface area contributed by atoms with E-state index in [1.165, 1.54) is 11.3 Å². The molecule has 0 bridgehead atoms. The number of carbonyl (C=O) groups is 1. The molecule has 7 nitrogen and oxygen atoms in total. The van der Waals surface area contributed by atoms with E-state index in [1.54, 1.807) is 38.5 Å². The molecule has 1 atom stereocenters. The molecule has 1 aliphatic rings. The Morgan fingerprint density at radius 1 is 1.14 bits per heavy atom. The number of aromatic nitrogens is 1. The molecule has 1 unspecified atom stereocenters. The summed E-state index contributed by atoms with van der Waals surface area (Å²) in [5.74, 6) is 0.678. The van der Waals surface area contributed by atoms with Crippen molar-refractivity contribution >= 4 is 39.3 Å². The van der Waals surface area contributed by atoms with Crippen molar-refractivity contribution < 1.29 is 19.0 Å². The zero-order valence-electron chi connectivity index (χ0n) is 21.6. The molecule has 0 fully saturated rings. The van der Waals surface area contributed by atoms with Crippen LogP contribution >= 0.6 is 27.3 Å². The molecule has 0 saturated carbocycles. The Bertz CT molecular complexity index is 1540. The lowest BCUT2D eigenvalue weighted by atomic mass is 9.96. The molecular weight excluding hydrogens is 556 g/mol. The first kappa shape index (κ1) is 26.9. The van der Waals surface area contributed by atoms with Crippen LogP contribution in [-0.2, 0) is 9.53 Å². The van der Waals surface area contributed by atoms with Crippen molar-refractivity contribution in [2.75, 3.05) is 7.11 Å². The number of esters is 1. The van der Waals surface area contributed by atoms with Gasteiger partial charge in [0.25, 0.3) is 5.56 Å². The summed E-state index contributed by atoms with van der Waals surface area (Å²) in [6.45, 7) is 9.25. The van der Waals surface area contributed by atoms with Crippen LogP contribution < -0.4 is 24.4 Å². The van der Waals surface area contributed by atoms with Crippen molar-refractivity contribution in [3.63, 3.8) is 0 Å². The normalized spacial score (nSPS) is 15.6. The van der Waals surface area contributed by atoms with E-state index in [4.69, 9.17) is 14.2 Å². The zero-order valence-corrected chi connectivity index (χ0v) is 24.0. The maximum absolute atomic E-state index is 13.8. The van der Waals surface area contributed by atoms with Gasteiger partial charge in [0, 0.05) is 0 Å². The Labute approximate surface area is 227 Å². The van der Waals surface area contributed by atoms with Crippen LogP contribution in [0.3, 0.4) is 0 Å². The lowest BCUT2D eigenvalue weighted by molar-refractivity contribution is -0.143. The highest BCUT2D eigenvalue weighted by molar-refractivity contribution is 9.10. The number of hydrogen-bond acceptors (Lipinski definition) is 7. The average molecular weight is 586 g/mol. The molecule has 0 spiro atoms. The largest absolute Gasteiger partial charge is 0.493 e. The van der Waals surface area contributed by atoms with Crippen LogP contribution in [0, 0.1) is 0 Å². The number of benzene rings is 2. The van der Waals surface area contributed by atoms with E-state index in [-0.39, 0.29) is 17.8 Å². The summed E-state index contributed by atoms with van der Waals surface area (Å²) in [7, 11) is 1.58. The number of halogens is 1. The number of carbonyl (C=O) groups excluding carboxylic acids is 1. The van der Waals surface area contributed by atoms with Crippen LogP contribution in [0.4, 0.5) is 0 Å². The van der Waals surface area contributed by atoms with Crippen LogP contribution in [0.25, 0.3) is 6.08 Å². The summed E-state index contributed by atoms with van der Waals surface area (Å²) >= 11 is 4.84. The number of allylic oxidation sites excluding steroid dienone is 1. The second-order valence-electron chi connectivity index (χ2n) is 9.15. The fourth-order valence-electron chi connectivity index (χ4n) is 4.14. The highest BCUT2D eigenvalue weighted by atomic mass is 79.9. The Morgan fingerprint density at radius 3 is 2.46 bits per heavy atom. The minimum atomic E-state index is -0.644. The van der Waals surface area contributed by atoms with Crippen molar-refractivity contribution in [3.05, 3.63) is 89.0 Å². The van der Waals surface area contributed by atoms with Crippen LogP contribution in [0.2, 0.25) is 0 Å². The quantitative estimate of drug-likeness (QED) is 0.375. The molecule has 37 heavy (non-hydrogen) atoms. The molecule has 2 heterocycles. The number of nitrogens with zero attached hydrogens (tertiary/aromatic N) is 2. The Kier molecular flexibility index (Phi) is 8.04. The Balaban J connectivity index is 1.89. The van der Waals surface area contributed by atoms with Crippen molar-refractivity contribution in [1.82, 2.24) is 4.57 Å². The molecule has 2 aromatic carbocycles. The average Bonchev–Trinajstić information content (AvgIpc) is 3.13. The van der Waals surface area contributed by atoms with Crippen LogP contribution in [0.15, 0.2) is 68.0 Å². The van der Waals surface area contributed by atoms with Crippen molar-refractivity contribution in [1.29, 1.82) is 0 Å². The first-order chi connectivity index (χ1) is 17.6. The zero-order chi connectivity index (χ0) is 26.9. The number of ether oxygens (including phenoxy) is 3. The molecule has 0 radical (unpaired) electrons. The summed E-state index contributed by atoms with van der Waals surface area (Å²) < 4.78 is 19.8. The van der Waals surface area contributed by atoms with Crippen molar-refractivity contribution in [2.45, 2.75) is 52.9 Å². The predicted octanol–water partition coefficient (Wildman–Crippen LogP) is 4.75. The smallest absolute Gasteiger partial charge is 0.338 e. The summed E-state index contributed by atoms with van der Waals surface area (Å²) in [4.78, 5) is 32.1. The summed E-state index contributed by atoms with van der Waals surface area (Å²) in [6, 6.07) is 12.5. The van der Waals surface area contributed by atoms with Gasteiger partial charge in [0.1, 0.15) is 0 Å². The second kappa shape index (κ2) is 11.1. The maximum Gasteiger partial charge on any atom is 0.338 e. The van der Waals surface area contributed by atoms with Gasteiger partial charge in [0.15, 0.2) is 16.3 Å². The molecule has 9 heteroatoms. The van der Waals surface area contributed by atoms with Gasteiger partial charge < -0.3 is 14.2 Å². The molecule has 1 aromatic heterocycles. The van der Waals surface area contributed by atoms with E-state index in [1.807, 2.05) is 56.3 Å². The number of rotatable bonds is 7. The molecule has 1 aliphatic heterocycles. The highest BCUT2D eigenvalue weighted by Gasteiger charge is 2.33. The van der Waals surface area contributed by atoms with Gasteiger partial charge in [-0.3, -0.25) is 9.36 Å². The second-order valence-corrected chi connectivity index (χ2v) is 11.0. The topological polar surface area (TPSA) is 79.1 Å². The molecule has 0 N–H and O–H groups in total. The number of fused-ring (bicyclic) bond motifs is 1. The number of hydrogen-bond donors (Lipinski definition) is 0. The van der Waals surface area contributed by atoms with Gasteiger partial charge in [0.05, 0.1) is 45.6 Å². The van der Waals surface area contributed by atoms with Crippen molar-refractivity contribution in [2.24, 2.45) is 4.99 Å². The molecule has 0 aliphatic carbocycles. The standard InChI is InChI=1S/C28H29BrN2O5S/c1-15(2)35-25-20(29)12-18(13-21(25)34-6)14-22-26(32)31-24(19-10-8-7-9-11-19)23(27(33)36-16(3)4)17(5)30-28(31)37-22/h7-16,24H,1-6H3. The van der Waals surface area contributed by atoms with E-state index in [0.717, 1.165) is 15.6 Å². The van der Waals surface area contributed by atoms with Gasteiger partial charge in [0.2, 0.25) is 0 Å². The monoisotopic (exact) mass is 584 g/mol. The van der Waals surface area contributed by atoms with Crippen LogP contribution in [-0.4, -0.2) is 29.9 Å². The molecule has 4 rings (SSSR count). The minimum Gasteiger partial charge on any atom is -0.493 e. The minimum absolute atomic E-state index is 0.0300. The first-order valence-electron chi connectivity index (χ1n) is 11.9. The van der Waals surface area contributed by atoms with Gasteiger partial charge in [-0.15, -0.1) is 0 Å². The molecule has 0 amide bonds. The SMILES string of the molecule is COc1cc(C=c2sc3n(c2=O)C(c2ccccc2)C(C(=O)OC(C)C)=C(C)N=3)cc(Br)c1OC(C)C. The summed E-state index contributed by atoms with van der Waals surface area (Å²) in [5, 5.41) is 0. The third-order valence-electron chi connectivity index (χ3n) is 5.60. The maximum atomic E-state index is 13.8. The third kappa shape index (κ3) is 5.57. The fraction of sp³-hybridized carbons (Fsp3) is 0.321. The Morgan fingerprint density at radius 2 is 1.84 bits per heavy atom. The summed E-state index contributed by atoms with van der Waals surface area (Å²) in [6.07, 6.45) is 1.46. The first-order valence-corrected chi connectivity index (χ1v) is 13.5. The van der Waals surface area contributed by atoms with Gasteiger partial charge in [-0.05, 0) is 79.9 Å². The number of thiazole rings is 1. The lowest BCUT2D eigenvalue weighted by Crippen LogP contribution is -2.40. The van der Waals surface area contributed by atoms with E-state index in [9.17, 15) is 9.59 Å². The van der Waals surface area contributed by atoms with Crippen molar-refractivity contribution in [3.8, 4) is 11.5 Å². The number of methoxy groups -OCH3 is 1. The van der Waals surface area contributed by atoms with Crippen LogP contribution in [0.1, 0.15) is 51.8 Å².